The van der Waals surface area contributed by atoms with E-state index >= 15 is 0 Å². The maximum Gasteiger partial charge on any atom is 0.0497 e. The molecule has 1 aliphatic heterocycles. The van der Waals surface area contributed by atoms with Crippen LogP contribution in [-0.2, 0) is 4.74 Å². The van der Waals surface area contributed by atoms with Crippen LogP contribution in [0.25, 0.3) is 0 Å². The molecule has 1 saturated heterocycles. The second kappa shape index (κ2) is 13.6. The monoisotopic (exact) mass is 432 g/mol. The van der Waals surface area contributed by atoms with Gasteiger partial charge in [0.25, 0.3) is 0 Å². The first-order valence-electron chi connectivity index (χ1n) is 14.6. The van der Waals surface area contributed by atoms with Crippen molar-refractivity contribution in [1.82, 2.24) is 0 Å². The minimum absolute atomic E-state index is 0.852. The summed E-state index contributed by atoms with van der Waals surface area (Å²) in [6.07, 6.45) is 23.7. The van der Waals surface area contributed by atoms with Gasteiger partial charge in [-0.15, -0.1) is 0 Å². The molecule has 2 aliphatic carbocycles. The molecule has 3 aliphatic rings. The summed E-state index contributed by atoms with van der Waals surface area (Å²) >= 11 is 0. The molecule has 0 radical (unpaired) electrons. The van der Waals surface area contributed by atoms with Gasteiger partial charge in [-0.3, -0.25) is 0 Å². The van der Waals surface area contributed by atoms with Crippen LogP contribution in [0.4, 0.5) is 0 Å². The molecular weight excluding hydrogens is 376 g/mol. The molecule has 31 heavy (non-hydrogen) atoms. The number of rotatable bonds is 15. The highest BCUT2D eigenvalue weighted by Crippen LogP contribution is 2.46. The van der Waals surface area contributed by atoms with Gasteiger partial charge >= 0.3 is 0 Å². The van der Waals surface area contributed by atoms with Crippen molar-refractivity contribution in [3.63, 3.8) is 0 Å². The predicted molar refractivity (Wildman–Crippen MR) is 135 cm³/mol. The zero-order valence-electron chi connectivity index (χ0n) is 21.8. The summed E-state index contributed by atoms with van der Waals surface area (Å²) in [5, 5.41) is 0. The minimum atomic E-state index is 0.852. The molecule has 0 aromatic rings. The Hall–Kier alpha value is -0.0400. The van der Waals surface area contributed by atoms with Crippen LogP contribution in [0.2, 0.25) is 0 Å². The Bertz CT molecular complexity index is 455. The first-order chi connectivity index (χ1) is 15.1. The van der Waals surface area contributed by atoms with Gasteiger partial charge in [0.05, 0.1) is 0 Å². The van der Waals surface area contributed by atoms with E-state index in [1.54, 1.807) is 6.42 Å². The average Bonchev–Trinajstić information content (AvgIpc) is 3.39. The summed E-state index contributed by atoms with van der Waals surface area (Å²) in [5.41, 5.74) is 0. The number of hydrogen-bond donors (Lipinski definition) is 0. The van der Waals surface area contributed by atoms with E-state index in [4.69, 9.17) is 4.74 Å². The van der Waals surface area contributed by atoms with Crippen LogP contribution in [0, 0.1) is 47.3 Å². The van der Waals surface area contributed by atoms with Crippen molar-refractivity contribution in [1.29, 1.82) is 0 Å². The maximum atomic E-state index is 5.92. The van der Waals surface area contributed by atoms with Crippen molar-refractivity contribution >= 4 is 0 Å². The lowest BCUT2D eigenvalue weighted by molar-refractivity contribution is 0.102. The quantitative estimate of drug-likeness (QED) is 0.234. The third-order valence-electron chi connectivity index (χ3n) is 9.51. The van der Waals surface area contributed by atoms with Crippen molar-refractivity contribution in [3.8, 4) is 0 Å². The van der Waals surface area contributed by atoms with Crippen LogP contribution in [0.5, 0.6) is 0 Å². The molecule has 1 nitrogen and oxygen atoms in total. The predicted octanol–water partition coefficient (Wildman–Crippen LogP) is 9.29. The van der Waals surface area contributed by atoms with E-state index < -0.39 is 0 Å². The highest BCUT2D eigenvalue weighted by Gasteiger charge is 2.36. The Balaban J connectivity index is 1.66. The first-order valence-corrected chi connectivity index (χ1v) is 14.6. The Labute approximate surface area is 195 Å². The van der Waals surface area contributed by atoms with Gasteiger partial charge < -0.3 is 4.74 Å². The molecule has 5 unspecified atom stereocenters. The van der Waals surface area contributed by atoms with Crippen molar-refractivity contribution in [2.45, 2.75) is 130 Å². The molecule has 5 atom stereocenters. The van der Waals surface area contributed by atoms with Crippen LogP contribution >= 0.6 is 0 Å². The van der Waals surface area contributed by atoms with Crippen LogP contribution in [-0.4, -0.2) is 13.2 Å². The molecule has 2 saturated carbocycles. The van der Waals surface area contributed by atoms with Crippen LogP contribution in [0.15, 0.2) is 0 Å². The second-order valence-electron chi connectivity index (χ2n) is 12.6. The van der Waals surface area contributed by atoms with Gasteiger partial charge in [-0.1, -0.05) is 98.3 Å². The van der Waals surface area contributed by atoms with Gasteiger partial charge in [-0.05, 0) is 79.4 Å². The summed E-state index contributed by atoms with van der Waals surface area (Å²) < 4.78 is 5.92. The smallest absolute Gasteiger partial charge is 0.0497 e. The number of ether oxygens (including phenoxy) is 1. The molecule has 182 valence electrons. The topological polar surface area (TPSA) is 9.23 Å². The third kappa shape index (κ3) is 8.35. The summed E-state index contributed by atoms with van der Waals surface area (Å²) in [5.74, 6) is 7.66. The summed E-state index contributed by atoms with van der Waals surface area (Å²) in [4.78, 5) is 0. The standard InChI is InChI=1S/C30H56O/c1-5-6-7-11-24(4)19-29(27-16-17-31-22-27)21-30(25-12-8-9-13-25)20-28(18-23(2)3)26-14-10-15-26/h23-30H,5-22H2,1-4H3. The van der Waals surface area contributed by atoms with Gasteiger partial charge in [0.2, 0.25) is 0 Å². The van der Waals surface area contributed by atoms with E-state index in [0.29, 0.717) is 0 Å². The molecule has 0 aromatic heterocycles. The molecule has 3 fully saturated rings. The van der Waals surface area contributed by atoms with Gasteiger partial charge in [0, 0.05) is 13.2 Å². The van der Waals surface area contributed by atoms with Gasteiger partial charge in [0.15, 0.2) is 0 Å². The van der Waals surface area contributed by atoms with Crippen molar-refractivity contribution in [2.75, 3.05) is 13.2 Å². The maximum absolute atomic E-state index is 5.92. The molecule has 0 N–H and O–H groups in total. The Morgan fingerprint density at radius 2 is 1.29 bits per heavy atom. The minimum Gasteiger partial charge on any atom is -0.381 e. The molecule has 0 bridgehead atoms. The van der Waals surface area contributed by atoms with E-state index in [0.717, 1.165) is 60.6 Å². The molecule has 0 aromatic carbocycles. The lowest BCUT2D eigenvalue weighted by Gasteiger charge is -2.40. The van der Waals surface area contributed by atoms with Crippen molar-refractivity contribution in [2.24, 2.45) is 47.3 Å². The summed E-state index contributed by atoms with van der Waals surface area (Å²) in [6.45, 7) is 11.9. The average molecular weight is 433 g/mol. The fraction of sp³-hybridized carbons (Fsp3) is 1.00. The molecule has 1 heterocycles. The third-order valence-corrected chi connectivity index (χ3v) is 9.51. The SMILES string of the molecule is CCCCCC(C)CC(CC(CC(CC(C)C)C1CCC1)C1CCCC1)C1CCOC1. The second-order valence-corrected chi connectivity index (χ2v) is 12.6. The Morgan fingerprint density at radius 1 is 0.677 bits per heavy atom. The molecule has 0 amide bonds. The van der Waals surface area contributed by atoms with E-state index in [9.17, 15) is 0 Å². The number of hydrogen-bond acceptors (Lipinski definition) is 1. The normalized spacial score (nSPS) is 26.8. The van der Waals surface area contributed by atoms with E-state index in [-0.39, 0.29) is 0 Å². The van der Waals surface area contributed by atoms with Crippen LogP contribution in [0.3, 0.4) is 0 Å². The molecule has 1 heteroatoms. The lowest BCUT2D eigenvalue weighted by Crippen LogP contribution is -2.30. The van der Waals surface area contributed by atoms with Crippen molar-refractivity contribution < 1.29 is 4.74 Å². The van der Waals surface area contributed by atoms with Crippen LogP contribution < -0.4 is 0 Å². The summed E-state index contributed by atoms with van der Waals surface area (Å²) in [7, 11) is 0. The molecule has 0 spiro atoms. The fourth-order valence-electron chi connectivity index (χ4n) is 7.47. The molecular formula is C30H56O. The van der Waals surface area contributed by atoms with Gasteiger partial charge in [0.1, 0.15) is 0 Å². The summed E-state index contributed by atoms with van der Waals surface area (Å²) in [6, 6.07) is 0. The van der Waals surface area contributed by atoms with Gasteiger partial charge in [-0.25, -0.2) is 0 Å². The highest BCUT2D eigenvalue weighted by molar-refractivity contribution is 4.87. The zero-order chi connectivity index (χ0) is 22.1. The zero-order valence-corrected chi connectivity index (χ0v) is 21.8. The fourth-order valence-corrected chi connectivity index (χ4v) is 7.47. The largest absolute Gasteiger partial charge is 0.381 e. The van der Waals surface area contributed by atoms with E-state index in [1.165, 1.54) is 96.3 Å². The van der Waals surface area contributed by atoms with E-state index in [1.807, 2.05) is 0 Å². The highest BCUT2D eigenvalue weighted by atomic mass is 16.5. The van der Waals surface area contributed by atoms with Gasteiger partial charge in [-0.2, -0.15) is 0 Å². The van der Waals surface area contributed by atoms with Crippen LogP contribution in [0.1, 0.15) is 130 Å². The number of unbranched alkanes of at least 4 members (excludes halogenated alkanes) is 2. The van der Waals surface area contributed by atoms with E-state index in [2.05, 4.69) is 27.7 Å². The van der Waals surface area contributed by atoms with Crippen molar-refractivity contribution in [3.05, 3.63) is 0 Å². The lowest BCUT2D eigenvalue weighted by atomic mass is 9.66. The Morgan fingerprint density at radius 3 is 1.81 bits per heavy atom. The Kier molecular flexibility index (Phi) is 11.2. The first kappa shape index (κ1) is 25.6. The molecule has 3 rings (SSSR count).